The molecule has 0 N–H and O–H groups in total. The molecule has 0 aliphatic carbocycles. The summed E-state index contributed by atoms with van der Waals surface area (Å²) in [6, 6.07) is 0. The van der Waals surface area contributed by atoms with Gasteiger partial charge in [-0.2, -0.15) is 0 Å². The van der Waals surface area contributed by atoms with Crippen molar-refractivity contribution >= 4 is 0 Å². The molecule has 0 unspecified atom stereocenters. The molecule has 0 aromatic carbocycles. The van der Waals surface area contributed by atoms with Crippen LogP contribution in [0.4, 0.5) is 0 Å². The van der Waals surface area contributed by atoms with E-state index in [1.165, 1.54) is 0 Å². The predicted molar refractivity (Wildman–Crippen MR) is 14.2 cm³/mol. The van der Waals surface area contributed by atoms with Gasteiger partial charge in [0, 0.05) is 0 Å². The van der Waals surface area contributed by atoms with Crippen molar-refractivity contribution in [3.8, 4) is 0 Å². The Morgan fingerprint density at radius 2 is 1.50 bits per heavy atom. The maximum absolute atomic E-state index is 1.68. The van der Waals surface area contributed by atoms with Gasteiger partial charge in [0.25, 0.3) is 0 Å². The molecule has 0 aromatic heterocycles. The Balaban J connectivity index is 2.00. The molecule has 0 saturated carbocycles. The molecule has 0 radical (unpaired) electrons. The summed E-state index contributed by atoms with van der Waals surface area (Å²) in [5, 5.41) is 0. The van der Waals surface area contributed by atoms with Crippen molar-refractivity contribution in [3.63, 3.8) is 0 Å². The number of rotatable bonds is 0. The van der Waals surface area contributed by atoms with E-state index in [0.717, 1.165) is 0 Å². The van der Waals surface area contributed by atoms with Gasteiger partial charge in [-0.25, -0.2) is 0 Å². The summed E-state index contributed by atoms with van der Waals surface area (Å²) in [6.45, 7) is 0. The SMILES string of the molecule is C1[CH2][Ta][CH2]1. The van der Waals surface area contributed by atoms with Gasteiger partial charge in [-0.05, 0) is 0 Å². The maximum atomic E-state index is 1.68. The van der Waals surface area contributed by atoms with E-state index in [9.17, 15) is 0 Å². The van der Waals surface area contributed by atoms with E-state index in [0.29, 0.717) is 19.8 Å². The molecule has 0 amide bonds. The molecule has 23 valence electrons. The van der Waals surface area contributed by atoms with Gasteiger partial charge in [0.15, 0.2) is 0 Å². The third kappa shape index (κ3) is 0.369. The van der Waals surface area contributed by atoms with Crippen LogP contribution in [0, 0.1) is 0 Å². The fourth-order valence-electron chi connectivity index (χ4n) is 0.158. The van der Waals surface area contributed by atoms with Crippen LogP contribution in [0.2, 0.25) is 9.28 Å². The Hall–Kier alpha value is 0.740. The van der Waals surface area contributed by atoms with E-state index in [1.807, 2.05) is 0 Å². The van der Waals surface area contributed by atoms with Gasteiger partial charge >= 0.3 is 35.5 Å². The summed E-state index contributed by atoms with van der Waals surface area (Å²) >= 11 is 0.336. The number of hydrogen-bond acceptors (Lipinski definition) is 0. The molecule has 1 aliphatic rings. The molecule has 1 aliphatic heterocycles. The summed E-state index contributed by atoms with van der Waals surface area (Å²) in [5.41, 5.74) is 0. The Labute approximate surface area is 35.9 Å². The van der Waals surface area contributed by atoms with Gasteiger partial charge in [0.05, 0.1) is 0 Å². The Kier molecular flexibility index (Phi) is 0.922. The van der Waals surface area contributed by atoms with E-state index in [4.69, 9.17) is 0 Å². The first kappa shape index (κ1) is 2.95. The standard InChI is InChI=1S/C3H6.Ta/c1-3-2;/h1-3H2;. The number of hydrogen-bond donors (Lipinski definition) is 0. The molecular formula is C3H6Ta. The van der Waals surface area contributed by atoms with Crippen LogP contribution in [0.3, 0.4) is 0 Å². The Morgan fingerprint density at radius 1 is 1.25 bits per heavy atom. The average Bonchev–Trinajstić information content (AvgIpc) is 0.722. The molecule has 1 heterocycles. The van der Waals surface area contributed by atoms with Crippen LogP contribution in [0.15, 0.2) is 0 Å². The van der Waals surface area contributed by atoms with Crippen LogP contribution in [0.5, 0.6) is 0 Å². The molecule has 0 bridgehead atoms. The van der Waals surface area contributed by atoms with Crippen molar-refractivity contribution in [2.75, 3.05) is 0 Å². The first-order chi connectivity index (χ1) is 2.00. The van der Waals surface area contributed by atoms with Gasteiger partial charge < -0.3 is 0 Å². The Bertz CT molecular complexity index is 11.2. The molecular weight excluding hydrogens is 217 g/mol. The van der Waals surface area contributed by atoms with Crippen molar-refractivity contribution in [2.24, 2.45) is 0 Å². The second-order valence-corrected chi connectivity index (χ2v) is 5.84. The van der Waals surface area contributed by atoms with Crippen LogP contribution in [0.1, 0.15) is 6.42 Å². The van der Waals surface area contributed by atoms with Crippen molar-refractivity contribution in [1.82, 2.24) is 0 Å². The van der Waals surface area contributed by atoms with Gasteiger partial charge in [-0.15, -0.1) is 0 Å². The first-order valence-electron chi connectivity index (χ1n) is 1.63. The van der Waals surface area contributed by atoms with Crippen molar-refractivity contribution in [2.45, 2.75) is 15.7 Å². The van der Waals surface area contributed by atoms with Crippen molar-refractivity contribution < 1.29 is 19.8 Å². The minimum atomic E-state index is 0.336. The van der Waals surface area contributed by atoms with Gasteiger partial charge in [0.2, 0.25) is 0 Å². The van der Waals surface area contributed by atoms with Crippen molar-refractivity contribution in [3.05, 3.63) is 0 Å². The van der Waals surface area contributed by atoms with E-state index < -0.39 is 0 Å². The normalized spacial score (nSPS) is 22.0. The molecule has 1 saturated heterocycles. The zero-order valence-corrected chi connectivity index (χ0v) is 5.78. The van der Waals surface area contributed by atoms with Crippen LogP contribution < -0.4 is 0 Å². The van der Waals surface area contributed by atoms with Crippen LogP contribution >= 0.6 is 0 Å². The quantitative estimate of drug-likeness (QED) is 0.580. The molecule has 1 fully saturated rings. The summed E-state index contributed by atoms with van der Waals surface area (Å²) < 4.78 is 3.36. The second-order valence-electron chi connectivity index (χ2n) is 1.02. The van der Waals surface area contributed by atoms with Crippen LogP contribution in [-0.2, 0) is 19.8 Å². The average molecular weight is 223 g/mol. The second kappa shape index (κ2) is 1.25. The zero-order chi connectivity index (χ0) is 2.83. The molecule has 0 aromatic rings. The molecule has 0 nitrogen and oxygen atoms in total. The molecule has 0 atom stereocenters. The molecule has 4 heavy (non-hydrogen) atoms. The van der Waals surface area contributed by atoms with Gasteiger partial charge in [-0.3, -0.25) is 0 Å². The first-order valence-corrected chi connectivity index (χ1v) is 6.18. The zero-order valence-electron chi connectivity index (χ0n) is 2.57. The van der Waals surface area contributed by atoms with Crippen LogP contribution in [-0.4, -0.2) is 0 Å². The van der Waals surface area contributed by atoms with Gasteiger partial charge in [0.1, 0.15) is 0 Å². The fraction of sp³-hybridized carbons (Fsp3) is 1.00. The molecule has 1 heteroatoms. The summed E-state index contributed by atoms with van der Waals surface area (Å²) in [5.74, 6) is 0. The third-order valence-corrected chi connectivity index (χ3v) is 5.18. The minimum absolute atomic E-state index is 0.336. The predicted octanol–water partition coefficient (Wildman–Crippen LogP) is 1.31. The van der Waals surface area contributed by atoms with Gasteiger partial charge in [-0.1, -0.05) is 0 Å². The summed E-state index contributed by atoms with van der Waals surface area (Å²) in [6.07, 6.45) is 1.58. The van der Waals surface area contributed by atoms with E-state index in [2.05, 4.69) is 0 Å². The summed E-state index contributed by atoms with van der Waals surface area (Å²) in [4.78, 5) is 0. The van der Waals surface area contributed by atoms with Crippen LogP contribution in [0.25, 0.3) is 0 Å². The molecule has 1 rings (SSSR count). The van der Waals surface area contributed by atoms with E-state index in [-0.39, 0.29) is 0 Å². The van der Waals surface area contributed by atoms with Crippen molar-refractivity contribution in [1.29, 1.82) is 0 Å². The third-order valence-electron chi connectivity index (χ3n) is 0.632. The van der Waals surface area contributed by atoms with E-state index in [1.54, 1.807) is 15.7 Å². The van der Waals surface area contributed by atoms with E-state index >= 15 is 0 Å². The molecule has 0 spiro atoms. The Morgan fingerprint density at radius 3 is 1.50 bits per heavy atom. The topological polar surface area (TPSA) is 0 Å². The monoisotopic (exact) mass is 223 g/mol. The summed E-state index contributed by atoms with van der Waals surface area (Å²) in [7, 11) is 0. The fourth-order valence-corrected chi connectivity index (χ4v) is 1.29.